The highest BCUT2D eigenvalue weighted by Gasteiger charge is 2.30. The molecule has 0 bridgehead atoms. The predicted molar refractivity (Wildman–Crippen MR) is 70.4 cm³/mol. The molecule has 1 aromatic heterocycles. The molecule has 112 valence electrons. The van der Waals surface area contributed by atoms with Crippen LogP contribution in [0.2, 0.25) is 0 Å². The lowest BCUT2D eigenvalue weighted by atomic mass is 10.3. The maximum absolute atomic E-state index is 13.5. The number of nitrogens with one attached hydrogen (secondary N) is 2. The van der Waals surface area contributed by atoms with Crippen LogP contribution in [0.1, 0.15) is 18.8 Å². The van der Waals surface area contributed by atoms with Crippen LogP contribution in [0, 0.1) is 15.9 Å². The van der Waals surface area contributed by atoms with E-state index in [2.05, 4.69) is 14.7 Å². The number of aromatic amines is 1. The van der Waals surface area contributed by atoms with Crippen LogP contribution in [0.5, 0.6) is 0 Å². The van der Waals surface area contributed by atoms with Gasteiger partial charge in [0.2, 0.25) is 15.8 Å². The van der Waals surface area contributed by atoms with Crippen molar-refractivity contribution >= 4 is 15.7 Å². The summed E-state index contributed by atoms with van der Waals surface area (Å²) in [4.78, 5) is 15.7. The molecule has 8 nitrogen and oxygen atoms in total. The van der Waals surface area contributed by atoms with Crippen LogP contribution in [-0.2, 0) is 10.0 Å². The van der Waals surface area contributed by atoms with Crippen molar-refractivity contribution < 1.29 is 17.7 Å². The zero-order valence-electron chi connectivity index (χ0n) is 10.8. The fourth-order valence-electron chi connectivity index (χ4n) is 1.76. The van der Waals surface area contributed by atoms with Crippen molar-refractivity contribution in [1.29, 1.82) is 0 Å². The Hall–Kier alpha value is -2.33. The lowest BCUT2D eigenvalue weighted by Gasteiger charge is -2.12. The van der Waals surface area contributed by atoms with Gasteiger partial charge in [-0.05, 0) is 19.1 Å². The van der Waals surface area contributed by atoms with Gasteiger partial charge in [0.05, 0.1) is 11.0 Å². The number of H-pyrrole nitrogens is 1. The predicted octanol–water partition coefficient (Wildman–Crippen LogP) is 1.50. The number of rotatable bonds is 5. The summed E-state index contributed by atoms with van der Waals surface area (Å²) in [6.45, 7) is 1.50. The standard InChI is InChI=1S/C11H11FN4O4S/c1-7(11-13-5-6-14-11)15-21(19,20)9-4-2-3-8(12)10(9)16(17)18/h2-7,15H,1H3,(H,13,14). The molecule has 0 aliphatic rings. The monoisotopic (exact) mass is 314 g/mol. The number of nitrogens with zero attached hydrogens (tertiary/aromatic N) is 2. The second-order valence-electron chi connectivity index (χ2n) is 4.16. The second kappa shape index (κ2) is 5.58. The van der Waals surface area contributed by atoms with E-state index in [1.165, 1.54) is 19.3 Å². The van der Waals surface area contributed by atoms with Crippen molar-refractivity contribution in [2.75, 3.05) is 0 Å². The van der Waals surface area contributed by atoms with Crippen LogP contribution < -0.4 is 4.72 Å². The molecule has 0 spiro atoms. The molecular weight excluding hydrogens is 303 g/mol. The first-order chi connectivity index (χ1) is 9.83. The van der Waals surface area contributed by atoms with Crippen molar-refractivity contribution in [2.24, 2.45) is 0 Å². The van der Waals surface area contributed by atoms with Gasteiger partial charge in [-0.15, -0.1) is 0 Å². The number of nitro benzene ring substituents is 1. The average Bonchev–Trinajstić information content (AvgIpc) is 2.91. The van der Waals surface area contributed by atoms with E-state index < -0.39 is 37.4 Å². The van der Waals surface area contributed by atoms with Crippen molar-refractivity contribution in [1.82, 2.24) is 14.7 Å². The summed E-state index contributed by atoms with van der Waals surface area (Å²) in [5.41, 5.74) is -1.09. The van der Waals surface area contributed by atoms with Crippen LogP contribution in [0.25, 0.3) is 0 Å². The van der Waals surface area contributed by atoms with Gasteiger partial charge in [0.15, 0.2) is 4.90 Å². The van der Waals surface area contributed by atoms with Crippen LogP contribution in [0.4, 0.5) is 10.1 Å². The van der Waals surface area contributed by atoms with E-state index >= 15 is 0 Å². The number of imidazole rings is 1. The smallest absolute Gasteiger partial charge is 0.324 e. The third kappa shape index (κ3) is 3.06. The number of nitro groups is 1. The van der Waals surface area contributed by atoms with Gasteiger partial charge in [0, 0.05) is 12.4 Å². The highest BCUT2D eigenvalue weighted by molar-refractivity contribution is 7.89. The second-order valence-corrected chi connectivity index (χ2v) is 5.84. The topological polar surface area (TPSA) is 118 Å². The summed E-state index contributed by atoms with van der Waals surface area (Å²) >= 11 is 0. The van der Waals surface area contributed by atoms with Gasteiger partial charge < -0.3 is 4.98 Å². The molecular formula is C11H11FN4O4S. The van der Waals surface area contributed by atoms with E-state index in [1.54, 1.807) is 0 Å². The quantitative estimate of drug-likeness (QED) is 0.640. The van der Waals surface area contributed by atoms with Crippen LogP contribution >= 0.6 is 0 Å². The van der Waals surface area contributed by atoms with Gasteiger partial charge in [-0.2, -0.15) is 4.39 Å². The highest BCUT2D eigenvalue weighted by Crippen LogP contribution is 2.27. The maximum Gasteiger partial charge on any atom is 0.324 e. The van der Waals surface area contributed by atoms with E-state index in [9.17, 15) is 22.9 Å². The summed E-state index contributed by atoms with van der Waals surface area (Å²) in [7, 11) is -4.28. The van der Waals surface area contributed by atoms with E-state index in [-0.39, 0.29) is 0 Å². The van der Waals surface area contributed by atoms with Crippen molar-refractivity contribution in [3.05, 3.63) is 52.3 Å². The minimum Gasteiger partial charge on any atom is -0.347 e. The summed E-state index contributed by atoms with van der Waals surface area (Å²) < 4.78 is 40.1. The molecule has 1 aromatic carbocycles. The Labute approximate surface area is 119 Å². The lowest BCUT2D eigenvalue weighted by molar-refractivity contribution is -0.390. The summed E-state index contributed by atoms with van der Waals surface area (Å²) in [5, 5.41) is 10.9. The number of hydrogen-bond acceptors (Lipinski definition) is 5. The van der Waals surface area contributed by atoms with E-state index in [0.29, 0.717) is 5.82 Å². The number of benzene rings is 1. The van der Waals surface area contributed by atoms with Gasteiger partial charge in [0.1, 0.15) is 5.82 Å². The number of para-hydroxylation sites is 1. The molecule has 0 aliphatic carbocycles. The molecule has 0 saturated heterocycles. The molecule has 2 N–H and O–H groups in total. The molecule has 1 heterocycles. The van der Waals surface area contributed by atoms with E-state index in [4.69, 9.17) is 0 Å². The fourth-order valence-corrected chi connectivity index (χ4v) is 3.14. The van der Waals surface area contributed by atoms with Gasteiger partial charge >= 0.3 is 5.69 Å². The lowest BCUT2D eigenvalue weighted by Crippen LogP contribution is -2.28. The summed E-state index contributed by atoms with van der Waals surface area (Å²) in [6, 6.07) is 2.13. The van der Waals surface area contributed by atoms with Crippen molar-refractivity contribution in [2.45, 2.75) is 17.9 Å². The molecule has 0 fully saturated rings. The van der Waals surface area contributed by atoms with Crippen LogP contribution in [-0.4, -0.2) is 23.3 Å². The molecule has 0 radical (unpaired) electrons. The first-order valence-corrected chi connectivity index (χ1v) is 7.26. The molecule has 0 aliphatic heterocycles. The normalized spacial score (nSPS) is 13.0. The number of aromatic nitrogens is 2. The Bertz CT molecular complexity index is 761. The van der Waals surface area contributed by atoms with Gasteiger partial charge in [-0.3, -0.25) is 10.1 Å². The minimum atomic E-state index is -4.28. The van der Waals surface area contributed by atoms with Crippen LogP contribution in [0.15, 0.2) is 35.5 Å². The molecule has 1 unspecified atom stereocenters. The minimum absolute atomic E-state index is 0.331. The first kappa shape index (κ1) is 15.1. The Morgan fingerprint density at radius 3 is 2.76 bits per heavy atom. The number of sulfonamides is 1. The van der Waals surface area contributed by atoms with Crippen molar-refractivity contribution in [3.8, 4) is 0 Å². The summed E-state index contributed by atoms with van der Waals surface area (Å²) in [5.74, 6) is -0.883. The molecule has 1 atom stereocenters. The Morgan fingerprint density at radius 1 is 1.48 bits per heavy atom. The van der Waals surface area contributed by atoms with Gasteiger partial charge in [0.25, 0.3) is 0 Å². The third-order valence-electron chi connectivity index (χ3n) is 2.68. The molecule has 2 aromatic rings. The number of hydrogen-bond donors (Lipinski definition) is 2. The van der Waals surface area contributed by atoms with E-state index in [1.807, 2.05) is 0 Å². The summed E-state index contributed by atoms with van der Waals surface area (Å²) in [6.07, 6.45) is 2.94. The molecule has 0 amide bonds. The molecule has 21 heavy (non-hydrogen) atoms. The van der Waals surface area contributed by atoms with Crippen molar-refractivity contribution in [3.63, 3.8) is 0 Å². The Morgan fingerprint density at radius 2 is 2.19 bits per heavy atom. The van der Waals surface area contributed by atoms with E-state index in [0.717, 1.165) is 18.2 Å². The highest BCUT2D eigenvalue weighted by atomic mass is 32.2. The largest absolute Gasteiger partial charge is 0.347 e. The molecule has 2 rings (SSSR count). The Balaban J connectivity index is 2.41. The van der Waals surface area contributed by atoms with Gasteiger partial charge in [-0.1, -0.05) is 6.07 Å². The zero-order chi connectivity index (χ0) is 15.6. The molecule has 10 heteroatoms. The SMILES string of the molecule is CC(NS(=O)(=O)c1cccc(F)c1[N+](=O)[O-])c1ncc[nH]1. The van der Waals surface area contributed by atoms with Crippen LogP contribution in [0.3, 0.4) is 0 Å². The molecule has 0 saturated carbocycles. The third-order valence-corrected chi connectivity index (χ3v) is 4.26. The maximum atomic E-state index is 13.5. The number of halogens is 1. The average molecular weight is 314 g/mol. The van der Waals surface area contributed by atoms with Gasteiger partial charge in [-0.25, -0.2) is 18.1 Å². The Kier molecular flexibility index (Phi) is 4.00. The zero-order valence-corrected chi connectivity index (χ0v) is 11.6. The first-order valence-electron chi connectivity index (χ1n) is 5.77. The fraction of sp³-hybridized carbons (Fsp3) is 0.182.